The highest BCUT2D eigenvalue weighted by Gasteiger charge is 2.09. The molecule has 1 amide bonds. The van der Waals surface area contributed by atoms with Crippen LogP contribution in [-0.2, 0) is 11.2 Å². The number of rotatable bonds is 4. The van der Waals surface area contributed by atoms with E-state index in [1.165, 1.54) is 6.07 Å². The lowest BCUT2D eigenvalue weighted by Gasteiger charge is -2.08. The number of nitrogen functional groups attached to an aromatic ring is 1. The zero-order chi connectivity index (χ0) is 14.5. The van der Waals surface area contributed by atoms with E-state index in [9.17, 15) is 9.90 Å². The fraction of sp³-hybridized carbons (Fsp3) is 0.200. The number of carbonyl (C=O) groups is 1. The number of anilines is 2. The third-order valence-electron chi connectivity index (χ3n) is 2.95. The standard InChI is InChI=1S/C15H17N3O2/c1-10-6-8-13(19)15(17-10)18-14(20)9-7-11-4-2-3-5-12(11)16/h2-6,8,19H,7,9,16H2,1H3,(H,17,18,20). The molecule has 0 saturated carbocycles. The second-order valence-corrected chi connectivity index (χ2v) is 4.57. The van der Waals surface area contributed by atoms with Crippen LogP contribution in [0.25, 0.3) is 0 Å². The first-order valence-corrected chi connectivity index (χ1v) is 6.36. The maximum atomic E-state index is 11.9. The fourth-order valence-electron chi connectivity index (χ4n) is 1.85. The van der Waals surface area contributed by atoms with E-state index < -0.39 is 0 Å². The maximum Gasteiger partial charge on any atom is 0.225 e. The Morgan fingerprint density at radius 2 is 2.05 bits per heavy atom. The van der Waals surface area contributed by atoms with E-state index in [1.807, 2.05) is 18.2 Å². The van der Waals surface area contributed by atoms with E-state index in [1.54, 1.807) is 19.1 Å². The molecule has 0 spiro atoms. The first-order chi connectivity index (χ1) is 9.56. The minimum absolute atomic E-state index is 0.0387. The molecule has 5 heteroatoms. The van der Waals surface area contributed by atoms with Gasteiger partial charge in [0.15, 0.2) is 11.6 Å². The largest absolute Gasteiger partial charge is 0.504 e. The summed E-state index contributed by atoms with van der Waals surface area (Å²) in [4.78, 5) is 15.9. The molecular weight excluding hydrogens is 254 g/mol. The van der Waals surface area contributed by atoms with Crippen LogP contribution in [0.2, 0.25) is 0 Å². The summed E-state index contributed by atoms with van der Waals surface area (Å²) in [7, 11) is 0. The predicted molar refractivity (Wildman–Crippen MR) is 78.4 cm³/mol. The van der Waals surface area contributed by atoms with Gasteiger partial charge in [0.2, 0.25) is 5.91 Å². The number of aromatic hydroxyl groups is 1. The van der Waals surface area contributed by atoms with Crippen molar-refractivity contribution in [1.82, 2.24) is 4.98 Å². The number of hydrogen-bond donors (Lipinski definition) is 3. The SMILES string of the molecule is Cc1ccc(O)c(NC(=O)CCc2ccccc2N)n1. The van der Waals surface area contributed by atoms with Crippen molar-refractivity contribution < 1.29 is 9.90 Å². The molecule has 0 fully saturated rings. The van der Waals surface area contributed by atoms with Crippen molar-refractivity contribution in [2.24, 2.45) is 0 Å². The molecule has 2 rings (SSSR count). The van der Waals surface area contributed by atoms with E-state index in [4.69, 9.17) is 5.73 Å². The number of aryl methyl sites for hydroxylation is 2. The summed E-state index contributed by atoms with van der Waals surface area (Å²) in [5.41, 5.74) is 8.16. The Kier molecular flexibility index (Phi) is 4.20. The lowest BCUT2D eigenvalue weighted by molar-refractivity contribution is -0.116. The lowest BCUT2D eigenvalue weighted by Crippen LogP contribution is -2.14. The molecule has 0 radical (unpaired) electrons. The van der Waals surface area contributed by atoms with Gasteiger partial charge in [-0.25, -0.2) is 4.98 Å². The Hall–Kier alpha value is -2.56. The van der Waals surface area contributed by atoms with Crippen LogP contribution in [0.4, 0.5) is 11.5 Å². The van der Waals surface area contributed by atoms with Gasteiger partial charge in [-0.15, -0.1) is 0 Å². The highest BCUT2D eigenvalue weighted by atomic mass is 16.3. The molecule has 1 aromatic heterocycles. The first kappa shape index (κ1) is 13.9. The van der Waals surface area contributed by atoms with Crippen molar-refractivity contribution in [3.63, 3.8) is 0 Å². The quantitative estimate of drug-likeness (QED) is 0.744. The van der Waals surface area contributed by atoms with Crippen molar-refractivity contribution in [3.05, 3.63) is 47.7 Å². The van der Waals surface area contributed by atoms with Gasteiger partial charge in [-0.05, 0) is 37.1 Å². The second kappa shape index (κ2) is 6.06. The smallest absolute Gasteiger partial charge is 0.225 e. The molecule has 0 bridgehead atoms. The number of nitrogens with two attached hydrogens (primary N) is 1. The molecule has 2 aromatic rings. The third-order valence-corrected chi connectivity index (χ3v) is 2.95. The number of benzene rings is 1. The maximum absolute atomic E-state index is 11.9. The number of nitrogens with one attached hydrogen (secondary N) is 1. The molecule has 0 atom stereocenters. The number of amides is 1. The van der Waals surface area contributed by atoms with Crippen LogP contribution in [0.15, 0.2) is 36.4 Å². The van der Waals surface area contributed by atoms with Gasteiger partial charge in [-0.3, -0.25) is 4.79 Å². The molecule has 0 aliphatic carbocycles. The molecular formula is C15H17N3O2. The highest BCUT2D eigenvalue weighted by molar-refractivity contribution is 5.91. The summed E-state index contributed by atoms with van der Waals surface area (Å²) < 4.78 is 0. The zero-order valence-corrected chi connectivity index (χ0v) is 11.3. The monoisotopic (exact) mass is 271 g/mol. The molecule has 0 aliphatic rings. The van der Waals surface area contributed by atoms with Crippen LogP contribution in [0.5, 0.6) is 5.75 Å². The molecule has 0 aliphatic heterocycles. The number of carbonyl (C=O) groups excluding carboxylic acids is 1. The van der Waals surface area contributed by atoms with Crippen LogP contribution in [0.1, 0.15) is 17.7 Å². The minimum Gasteiger partial charge on any atom is -0.504 e. The summed E-state index contributed by atoms with van der Waals surface area (Å²) in [5, 5.41) is 12.2. The number of nitrogens with zero attached hydrogens (tertiary/aromatic N) is 1. The summed E-state index contributed by atoms with van der Waals surface area (Å²) >= 11 is 0. The molecule has 1 aromatic carbocycles. The van der Waals surface area contributed by atoms with E-state index >= 15 is 0 Å². The van der Waals surface area contributed by atoms with Gasteiger partial charge in [0.1, 0.15) is 0 Å². The molecule has 5 nitrogen and oxygen atoms in total. The van der Waals surface area contributed by atoms with Crippen LogP contribution in [-0.4, -0.2) is 16.0 Å². The predicted octanol–water partition coefficient (Wildman–Crippen LogP) is 2.25. The molecule has 1 heterocycles. The van der Waals surface area contributed by atoms with Crippen LogP contribution in [0, 0.1) is 6.92 Å². The van der Waals surface area contributed by atoms with Crippen molar-refractivity contribution >= 4 is 17.4 Å². The lowest BCUT2D eigenvalue weighted by atomic mass is 10.1. The highest BCUT2D eigenvalue weighted by Crippen LogP contribution is 2.20. The van der Waals surface area contributed by atoms with Crippen molar-refractivity contribution in [2.75, 3.05) is 11.1 Å². The second-order valence-electron chi connectivity index (χ2n) is 4.57. The van der Waals surface area contributed by atoms with Gasteiger partial charge >= 0.3 is 0 Å². The molecule has 104 valence electrons. The first-order valence-electron chi connectivity index (χ1n) is 6.36. The molecule has 0 saturated heterocycles. The number of aromatic nitrogens is 1. The summed E-state index contributed by atoms with van der Waals surface area (Å²) in [6.45, 7) is 1.79. The van der Waals surface area contributed by atoms with E-state index in [2.05, 4.69) is 10.3 Å². The van der Waals surface area contributed by atoms with Crippen LogP contribution < -0.4 is 11.1 Å². The Morgan fingerprint density at radius 1 is 1.30 bits per heavy atom. The van der Waals surface area contributed by atoms with E-state index in [0.717, 1.165) is 11.3 Å². The van der Waals surface area contributed by atoms with Crippen molar-refractivity contribution in [1.29, 1.82) is 0 Å². The number of pyridine rings is 1. The molecule has 0 unspecified atom stereocenters. The third kappa shape index (κ3) is 3.47. The minimum atomic E-state index is -0.207. The van der Waals surface area contributed by atoms with Gasteiger partial charge in [0.05, 0.1) is 0 Å². The van der Waals surface area contributed by atoms with Gasteiger partial charge in [0.25, 0.3) is 0 Å². The van der Waals surface area contributed by atoms with E-state index in [0.29, 0.717) is 12.1 Å². The Bertz CT molecular complexity index is 626. The average Bonchev–Trinajstić information content (AvgIpc) is 2.42. The topological polar surface area (TPSA) is 88.2 Å². The normalized spacial score (nSPS) is 10.2. The molecule has 4 N–H and O–H groups in total. The van der Waals surface area contributed by atoms with Crippen LogP contribution >= 0.6 is 0 Å². The fourth-order valence-corrected chi connectivity index (χ4v) is 1.85. The summed E-state index contributed by atoms with van der Waals surface area (Å²) in [6.07, 6.45) is 0.828. The zero-order valence-electron chi connectivity index (χ0n) is 11.3. The average molecular weight is 271 g/mol. The Labute approximate surface area is 117 Å². The van der Waals surface area contributed by atoms with Crippen LogP contribution in [0.3, 0.4) is 0 Å². The van der Waals surface area contributed by atoms with Crippen molar-refractivity contribution in [3.8, 4) is 5.75 Å². The van der Waals surface area contributed by atoms with Gasteiger partial charge in [-0.1, -0.05) is 18.2 Å². The van der Waals surface area contributed by atoms with Gasteiger partial charge in [-0.2, -0.15) is 0 Å². The van der Waals surface area contributed by atoms with Gasteiger partial charge in [0, 0.05) is 17.8 Å². The Balaban J connectivity index is 1.96. The molecule has 20 heavy (non-hydrogen) atoms. The Morgan fingerprint density at radius 3 is 2.80 bits per heavy atom. The van der Waals surface area contributed by atoms with E-state index in [-0.39, 0.29) is 23.9 Å². The van der Waals surface area contributed by atoms with Gasteiger partial charge < -0.3 is 16.2 Å². The number of hydrogen-bond acceptors (Lipinski definition) is 4. The number of para-hydroxylation sites is 1. The van der Waals surface area contributed by atoms with Crippen molar-refractivity contribution in [2.45, 2.75) is 19.8 Å². The summed E-state index contributed by atoms with van der Waals surface area (Å²) in [6, 6.07) is 10.6. The summed E-state index contributed by atoms with van der Waals surface area (Å²) in [5.74, 6) is -0.0548.